The molecule has 0 spiro atoms. The zero-order chi connectivity index (χ0) is 15.7. The predicted octanol–water partition coefficient (Wildman–Crippen LogP) is 0.688. The van der Waals surface area contributed by atoms with Gasteiger partial charge in [-0.1, -0.05) is 12.1 Å². The molecule has 0 unspecified atom stereocenters. The molecule has 118 valence electrons. The molecule has 1 saturated carbocycles. The molecular formula is C13H19NO5S2. The van der Waals surface area contributed by atoms with Crippen LogP contribution < -0.4 is 4.72 Å². The minimum Gasteiger partial charge on any atom is -0.383 e. The van der Waals surface area contributed by atoms with Crippen molar-refractivity contribution in [1.82, 2.24) is 4.72 Å². The van der Waals surface area contributed by atoms with Gasteiger partial charge in [0.05, 0.1) is 22.8 Å². The van der Waals surface area contributed by atoms with Gasteiger partial charge in [-0.05, 0) is 30.5 Å². The standard InChI is InChI=1S/C13H19NO5S2/c1-19-10-13(6-7-13)14-21(17,18)9-11-4-3-5-12(8-11)20(2,15)16/h3-5,8,14H,6-7,9-10H2,1-2H3. The lowest BCUT2D eigenvalue weighted by molar-refractivity contribution is 0.167. The molecule has 8 heteroatoms. The Balaban J connectivity index is 2.14. The van der Waals surface area contributed by atoms with Crippen molar-refractivity contribution in [3.05, 3.63) is 29.8 Å². The summed E-state index contributed by atoms with van der Waals surface area (Å²) in [6.45, 7) is 0.343. The third-order valence-electron chi connectivity index (χ3n) is 3.33. The van der Waals surface area contributed by atoms with E-state index in [1.807, 2.05) is 0 Å². The van der Waals surface area contributed by atoms with Crippen LogP contribution in [0.1, 0.15) is 18.4 Å². The SMILES string of the molecule is COCC1(NS(=O)(=O)Cc2cccc(S(C)(=O)=O)c2)CC1. The van der Waals surface area contributed by atoms with Gasteiger partial charge in [-0.3, -0.25) is 0 Å². The number of hydrogen-bond acceptors (Lipinski definition) is 5. The van der Waals surface area contributed by atoms with Crippen molar-refractivity contribution >= 4 is 19.9 Å². The minimum absolute atomic E-state index is 0.119. The van der Waals surface area contributed by atoms with Crippen LogP contribution in [0.3, 0.4) is 0 Å². The van der Waals surface area contributed by atoms with Gasteiger partial charge in [0.25, 0.3) is 0 Å². The van der Waals surface area contributed by atoms with Crippen LogP contribution in [-0.2, 0) is 30.4 Å². The molecule has 0 atom stereocenters. The number of rotatable bonds is 7. The first-order valence-electron chi connectivity index (χ1n) is 6.45. The number of ether oxygens (including phenoxy) is 1. The summed E-state index contributed by atoms with van der Waals surface area (Å²) >= 11 is 0. The Bertz CT molecular complexity index is 721. The predicted molar refractivity (Wildman–Crippen MR) is 79.2 cm³/mol. The largest absolute Gasteiger partial charge is 0.383 e. The molecule has 0 bridgehead atoms. The van der Waals surface area contributed by atoms with Gasteiger partial charge in [-0.2, -0.15) is 0 Å². The molecule has 0 radical (unpaired) electrons. The second kappa shape index (κ2) is 5.68. The van der Waals surface area contributed by atoms with E-state index in [1.165, 1.54) is 19.2 Å². The molecule has 0 saturated heterocycles. The average molecular weight is 333 g/mol. The molecule has 2 rings (SSSR count). The van der Waals surface area contributed by atoms with Gasteiger partial charge in [-0.15, -0.1) is 0 Å². The molecule has 1 aromatic carbocycles. The van der Waals surface area contributed by atoms with Crippen LogP contribution in [0.25, 0.3) is 0 Å². The van der Waals surface area contributed by atoms with Crippen LogP contribution in [0.15, 0.2) is 29.2 Å². The van der Waals surface area contributed by atoms with Crippen molar-refractivity contribution in [2.75, 3.05) is 20.0 Å². The Morgan fingerprint density at radius 2 is 1.90 bits per heavy atom. The van der Waals surface area contributed by atoms with E-state index < -0.39 is 25.4 Å². The van der Waals surface area contributed by atoms with Gasteiger partial charge in [-0.25, -0.2) is 21.6 Å². The van der Waals surface area contributed by atoms with Gasteiger partial charge >= 0.3 is 0 Å². The highest BCUT2D eigenvalue weighted by atomic mass is 32.2. The van der Waals surface area contributed by atoms with Gasteiger partial charge in [0.1, 0.15) is 0 Å². The molecule has 1 N–H and O–H groups in total. The maximum Gasteiger partial charge on any atom is 0.216 e. The normalized spacial score (nSPS) is 17.6. The topological polar surface area (TPSA) is 89.5 Å². The number of benzene rings is 1. The van der Waals surface area contributed by atoms with E-state index in [4.69, 9.17) is 4.74 Å². The maximum absolute atomic E-state index is 12.2. The van der Waals surface area contributed by atoms with E-state index in [9.17, 15) is 16.8 Å². The quantitative estimate of drug-likeness (QED) is 0.793. The van der Waals surface area contributed by atoms with Crippen LogP contribution in [-0.4, -0.2) is 42.3 Å². The smallest absolute Gasteiger partial charge is 0.216 e. The van der Waals surface area contributed by atoms with E-state index >= 15 is 0 Å². The Labute approximate surface area is 125 Å². The maximum atomic E-state index is 12.2. The van der Waals surface area contributed by atoms with Crippen molar-refractivity contribution in [2.45, 2.75) is 29.0 Å². The van der Waals surface area contributed by atoms with E-state index in [-0.39, 0.29) is 10.6 Å². The fourth-order valence-corrected chi connectivity index (χ4v) is 4.46. The van der Waals surface area contributed by atoms with E-state index in [0.717, 1.165) is 19.1 Å². The zero-order valence-electron chi connectivity index (χ0n) is 12.0. The van der Waals surface area contributed by atoms with Crippen molar-refractivity contribution in [2.24, 2.45) is 0 Å². The highest BCUT2D eigenvalue weighted by Gasteiger charge is 2.45. The Morgan fingerprint density at radius 3 is 2.43 bits per heavy atom. The molecule has 1 aliphatic rings. The van der Waals surface area contributed by atoms with E-state index in [1.54, 1.807) is 12.1 Å². The second-order valence-electron chi connectivity index (χ2n) is 5.49. The number of sulfone groups is 1. The summed E-state index contributed by atoms with van der Waals surface area (Å²) < 4.78 is 55.0. The zero-order valence-corrected chi connectivity index (χ0v) is 13.6. The highest BCUT2D eigenvalue weighted by Crippen LogP contribution is 2.36. The molecule has 0 heterocycles. The second-order valence-corrected chi connectivity index (χ2v) is 9.23. The lowest BCUT2D eigenvalue weighted by Gasteiger charge is -2.16. The first kappa shape index (κ1) is 16.4. The highest BCUT2D eigenvalue weighted by molar-refractivity contribution is 7.90. The lowest BCUT2D eigenvalue weighted by atomic mass is 10.2. The molecule has 6 nitrogen and oxygen atoms in total. The molecule has 21 heavy (non-hydrogen) atoms. The van der Waals surface area contributed by atoms with Crippen LogP contribution in [0.4, 0.5) is 0 Å². The van der Waals surface area contributed by atoms with E-state index in [0.29, 0.717) is 12.2 Å². The first-order chi connectivity index (χ1) is 9.66. The molecule has 1 fully saturated rings. The van der Waals surface area contributed by atoms with Crippen molar-refractivity contribution in [1.29, 1.82) is 0 Å². The number of sulfonamides is 1. The third-order valence-corrected chi connectivity index (χ3v) is 5.90. The molecule has 1 aromatic rings. The number of nitrogens with one attached hydrogen (secondary N) is 1. The van der Waals surface area contributed by atoms with Gasteiger partial charge in [0.2, 0.25) is 10.0 Å². The molecule has 0 aliphatic heterocycles. The van der Waals surface area contributed by atoms with E-state index in [2.05, 4.69) is 4.72 Å². The van der Waals surface area contributed by atoms with Crippen LogP contribution >= 0.6 is 0 Å². The Hall–Kier alpha value is -0.960. The third kappa shape index (κ3) is 4.50. The Morgan fingerprint density at radius 1 is 1.24 bits per heavy atom. The van der Waals surface area contributed by atoms with Gasteiger partial charge in [0.15, 0.2) is 9.84 Å². The lowest BCUT2D eigenvalue weighted by Crippen LogP contribution is -2.40. The van der Waals surface area contributed by atoms with Crippen LogP contribution in [0.2, 0.25) is 0 Å². The summed E-state index contributed by atoms with van der Waals surface area (Å²) in [6.07, 6.45) is 2.60. The Kier molecular flexibility index (Phi) is 4.44. The van der Waals surface area contributed by atoms with Gasteiger partial charge < -0.3 is 4.74 Å². The molecule has 0 aromatic heterocycles. The number of methoxy groups -OCH3 is 1. The molecule has 1 aliphatic carbocycles. The summed E-state index contributed by atoms with van der Waals surface area (Å²) in [7, 11) is -5.35. The van der Waals surface area contributed by atoms with Crippen LogP contribution in [0, 0.1) is 0 Å². The monoisotopic (exact) mass is 333 g/mol. The summed E-state index contributed by atoms with van der Waals surface area (Å²) in [5, 5.41) is 0. The van der Waals surface area contributed by atoms with Crippen molar-refractivity contribution in [3.63, 3.8) is 0 Å². The first-order valence-corrected chi connectivity index (χ1v) is 10.00. The van der Waals surface area contributed by atoms with Crippen molar-refractivity contribution in [3.8, 4) is 0 Å². The summed E-state index contributed by atoms with van der Waals surface area (Å²) in [5.74, 6) is -0.248. The fraction of sp³-hybridized carbons (Fsp3) is 0.538. The molecular weight excluding hydrogens is 314 g/mol. The van der Waals surface area contributed by atoms with Crippen LogP contribution in [0.5, 0.6) is 0 Å². The fourth-order valence-electron chi connectivity index (χ4n) is 2.15. The summed E-state index contributed by atoms with van der Waals surface area (Å²) in [6, 6.07) is 5.99. The number of hydrogen-bond donors (Lipinski definition) is 1. The van der Waals surface area contributed by atoms with Crippen molar-refractivity contribution < 1.29 is 21.6 Å². The average Bonchev–Trinajstić information content (AvgIpc) is 3.06. The summed E-state index contributed by atoms with van der Waals surface area (Å²) in [4.78, 5) is 0.119. The summed E-state index contributed by atoms with van der Waals surface area (Å²) in [5.41, 5.74) is -0.0409. The van der Waals surface area contributed by atoms with Gasteiger partial charge in [0, 0.05) is 13.4 Å². The minimum atomic E-state index is -3.54. The molecule has 0 amide bonds.